The number of hydrogen-bond donors (Lipinski definition) is 1. The average Bonchev–Trinajstić information content (AvgIpc) is 2.71. The number of terminal acetylenes is 1. The Morgan fingerprint density at radius 2 is 1.24 bits per heavy atom. The second-order valence-electron chi connectivity index (χ2n) is 7.51. The van der Waals surface area contributed by atoms with E-state index in [1.807, 2.05) is 36.4 Å². The second kappa shape index (κ2) is 12.5. The third-order valence-corrected chi connectivity index (χ3v) is 4.39. The first kappa shape index (κ1) is 29.0. The molecule has 0 radical (unpaired) electrons. The van der Waals surface area contributed by atoms with Crippen LogP contribution >= 0.6 is 8.16 Å². The molecule has 0 saturated heterocycles. The molecule has 0 aliphatic heterocycles. The maximum absolute atomic E-state index is 9.84. The number of benzene rings is 3. The molecule has 0 aliphatic carbocycles. The van der Waals surface area contributed by atoms with Crippen LogP contribution in [0.25, 0.3) is 0 Å². The van der Waals surface area contributed by atoms with Crippen molar-refractivity contribution < 1.29 is 30.4 Å². The van der Waals surface area contributed by atoms with Gasteiger partial charge in [-0.25, -0.2) is 0 Å². The van der Waals surface area contributed by atoms with Crippen LogP contribution < -0.4 is 10.1 Å². The Labute approximate surface area is 196 Å². The third-order valence-electron chi connectivity index (χ3n) is 4.39. The van der Waals surface area contributed by atoms with Crippen LogP contribution in [0.3, 0.4) is 0 Å². The Balaban J connectivity index is 0.000000735. The van der Waals surface area contributed by atoms with Crippen molar-refractivity contribution in [3.05, 3.63) is 100 Å². The summed E-state index contributed by atoms with van der Waals surface area (Å²) in [6, 6.07) is 22.8. The first-order chi connectivity index (χ1) is 15.4. The molecular weight excluding hydrogens is 475 g/mol. The first-order valence-corrected chi connectivity index (χ1v) is 11.7. The molecule has 0 amide bonds. The Hall–Kier alpha value is -3.01. The topological polar surface area (TPSA) is 21.3 Å². The van der Waals surface area contributed by atoms with Crippen molar-refractivity contribution in [2.24, 2.45) is 0 Å². The zero-order valence-electron chi connectivity index (χ0n) is 18.7. The van der Waals surface area contributed by atoms with E-state index in [2.05, 4.69) is 55.4 Å². The first-order valence-electron chi connectivity index (χ1n) is 10.0. The van der Waals surface area contributed by atoms with Crippen molar-refractivity contribution in [2.75, 3.05) is 0 Å². The molecule has 0 bridgehead atoms. The van der Waals surface area contributed by atoms with Gasteiger partial charge in [-0.05, 0) is 54.8 Å². The average molecular weight is 501 g/mol. The number of ether oxygens (including phenoxy) is 1. The van der Waals surface area contributed by atoms with Gasteiger partial charge in [-0.3, -0.25) is 4.70 Å². The van der Waals surface area contributed by atoms with E-state index in [0.29, 0.717) is 6.61 Å². The van der Waals surface area contributed by atoms with Gasteiger partial charge < -0.3 is 10.1 Å². The number of nitrogens with one attached hydrogen (secondary N) is 1. The fraction of sp³-hybridized carbons (Fsp3) is 0.200. The van der Waals surface area contributed by atoms with Crippen LogP contribution in [0.5, 0.6) is 5.75 Å². The van der Waals surface area contributed by atoms with Crippen molar-refractivity contribution in [3.8, 4) is 18.1 Å². The number of hydrogen-bond acceptors (Lipinski definition) is 2. The molecule has 0 atom stereocenters. The summed E-state index contributed by atoms with van der Waals surface area (Å²) < 4.78 is 55.0. The van der Waals surface area contributed by atoms with Gasteiger partial charge in [0.25, 0.3) is 0 Å². The molecule has 3 rings (SSSR count). The zero-order chi connectivity index (χ0) is 24.5. The van der Waals surface area contributed by atoms with E-state index in [9.17, 15) is 21.0 Å². The molecule has 0 saturated carbocycles. The number of halogens is 6. The molecule has 3 aromatic carbocycles. The molecular formula is C25H26F6NOP. The Morgan fingerprint density at radius 1 is 0.765 bits per heavy atom. The fourth-order valence-electron chi connectivity index (χ4n) is 3.09. The van der Waals surface area contributed by atoms with E-state index < -0.39 is 8.16 Å². The van der Waals surface area contributed by atoms with Gasteiger partial charge >= 0.3 is 29.1 Å². The summed E-state index contributed by atoms with van der Waals surface area (Å²) in [5.41, 5.74) is 7.17. The Bertz CT molecular complexity index is 1050. The van der Waals surface area contributed by atoms with Gasteiger partial charge in [0, 0.05) is 18.7 Å². The van der Waals surface area contributed by atoms with E-state index >= 15 is 0 Å². The summed E-state index contributed by atoms with van der Waals surface area (Å²) in [6.07, 6.45) is 5.37. The number of rotatable bonds is 7. The summed E-state index contributed by atoms with van der Waals surface area (Å²) in [5.74, 6) is 3.49. The van der Waals surface area contributed by atoms with Gasteiger partial charge in [0.2, 0.25) is 0 Å². The summed E-state index contributed by atoms with van der Waals surface area (Å²) in [4.78, 5) is 0. The normalized spacial score (nSPS) is 11.6. The van der Waals surface area contributed by atoms with Crippen LogP contribution in [0.2, 0.25) is 0 Å². The number of aryl methyl sites for hydroxylation is 2. The molecule has 0 aromatic heterocycles. The standard InChI is InChI=1S/C25H25NO.F5P.FH/c1-4-21-5-7-23(8-6-21)18-27-25-11-9-22(10-12-25)16-26-17-24-14-19(2)13-20(3)15-24;1-6(2,3,4)5;/h1,5-15,26H,16-18H2,2-3H3;;1H. The Morgan fingerprint density at radius 3 is 1.74 bits per heavy atom. The van der Waals surface area contributed by atoms with Gasteiger partial charge in [0.05, 0.1) is 0 Å². The van der Waals surface area contributed by atoms with E-state index in [-0.39, 0.29) is 4.70 Å². The van der Waals surface area contributed by atoms with E-state index in [0.717, 1.165) is 30.0 Å². The van der Waals surface area contributed by atoms with Crippen LogP contribution in [0.4, 0.5) is 25.7 Å². The molecule has 184 valence electrons. The fourth-order valence-corrected chi connectivity index (χ4v) is 3.09. The minimum atomic E-state index is -8.55. The molecule has 1 N–H and O–H groups in total. The molecule has 0 fully saturated rings. The molecule has 0 unspecified atom stereocenters. The van der Waals surface area contributed by atoms with Gasteiger partial charge in [-0.2, -0.15) is 0 Å². The molecule has 0 heterocycles. The van der Waals surface area contributed by atoms with Crippen molar-refractivity contribution in [1.82, 2.24) is 5.32 Å². The van der Waals surface area contributed by atoms with Crippen molar-refractivity contribution in [3.63, 3.8) is 0 Å². The van der Waals surface area contributed by atoms with Crippen molar-refractivity contribution >= 4 is 8.16 Å². The molecule has 0 spiro atoms. The molecule has 0 aliphatic rings. The summed E-state index contributed by atoms with van der Waals surface area (Å²) in [6.45, 7) is 6.52. The van der Waals surface area contributed by atoms with E-state index in [1.165, 1.54) is 22.3 Å². The minimum absolute atomic E-state index is 0. The predicted molar refractivity (Wildman–Crippen MR) is 127 cm³/mol. The predicted octanol–water partition coefficient (Wildman–Crippen LogP) is 8.27. The summed E-state index contributed by atoms with van der Waals surface area (Å²) in [5, 5.41) is 3.50. The third kappa shape index (κ3) is 12.9. The zero-order valence-corrected chi connectivity index (χ0v) is 19.6. The second-order valence-corrected chi connectivity index (χ2v) is 8.79. The van der Waals surface area contributed by atoms with Crippen LogP contribution in [0.1, 0.15) is 33.4 Å². The van der Waals surface area contributed by atoms with Crippen LogP contribution in [-0.4, -0.2) is 0 Å². The Kier molecular flexibility index (Phi) is 10.6. The molecule has 34 heavy (non-hydrogen) atoms. The monoisotopic (exact) mass is 501 g/mol. The molecule has 2 nitrogen and oxygen atoms in total. The van der Waals surface area contributed by atoms with E-state index in [4.69, 9.17) is 11.2 Å². The summed E-state index contributed by atoms with van der Waals surface area (Å²) >= 11 is 0. The van der Waals surface area contributed by atoms with Gasteiger partial charge in [0.1, 0.15) is 12.4 Å². The summed E-state index contributed by atoms with van der Waals surface area (Å²) in [7, 11) is -8.55. The van der Waals surface area contributed by atoms with Crippen LogP contribution in [0.15, 0.2) is 66.7 Å². The molecule has 3 aromatic rings. The van der Waals surface area contributed by atoms with Crippen molar-refractivity contribution in [1.29, 1.82) is 0 Å². The maximum atomic E-state index is 9.84. The SMILES string of the molecule is C#Cc1ccc(COc2ccc(CNCc3cc(C)cc(C)c3)cc2)cc1.F.FP(F)(F)(F)F. The van der Waals surface area contributed by atoms with E-state index in [1.54, 1.807) is 0 Å². The van der Waals surface area contributed by atoms with Crippen LogP contribution in [0, 0.1) is 26.2 Å². The quantitative estimate of drug-likeness (QED) is 0.200. The van der Waals surface area contributed by atoms with Gasteiger partial charge in [-0.1, -0.05) is 59.5 Å². The van der Waals surface area contributed by atoms with Gasteiger partial charge in [-0.15, -0.1) is 6.42 Å². The molecule has 9 heteroatoms. The van der Waals surface area contributed by atoms with Crippen LogP contribution in [-0.2, 0) is 19.7 Å². The van der Waals surface area contributed by atoms with Crippen molar-refractivity contribution in [2.45, 2.75) is 33.5 Å². The van der Waals surface area contributed by atoms with Gasteiger partial charge in [0.15, 0.2) is 0 Å².